The maximum Gasteiger partial charge on any atom is 0.261 e. The van der Waals surface area contributed by atoms with Gasteiger partial charge in [-0.3, -0.25) is 9.59 Å². The van der Waals surface area contributed by atoms with Crippen LogP contribution in [0.2, 0.25) is 0 Å². The molecule has 1 aliphatic carbocycles. The zero-order valence-corrected chi connectivity index (χ0v) is 15.3. The Labute approximate surface area is 152 Å². The molecule has 0 unspecified atom stereocenters. The molecule has 132 valence electrons. The molecular formula is C20H24N2O2S. The molecule has 1 aromatic heterocycles. The number of rotatable bonds is 8. The number of benzene rings is 1. The third-order valence-corrected chi connectivity index (χ3v) is 5.33. The molecule has 25 heavy (non-hydrogen) atoms. The Balaban J connectivity index is 1.51. The summed E-state index contributed by atoms with van der Waals surface area (Å²) in [7, 11) is 0. The molecule has 1 saturated carbocycles. The number of hydrogen-bond donors (Lipinski definition) is 1. The Morgan fingerprint density at radius 3 is 2.48 bits per heavy atom. The molecule has 1 aromatic carbocycles. The highest BCUT2D eigenvalue weighted by Crippen LogP contribution is 2.29. The van der Waals surface area contributed by atoms with Crippen LogP contribution in [0.3, 0.4) is 0 Å². The van der Waals surface area contributed by atoms with Crippen LogP contribution < -0.4 is 5.32 Å². The van der Waals surface area contributed by atoms with Gasteiger partial charge in [-0.25, -0.2) is 0 Å². The van der Waals surface area contributed by atoms with Crippen LogP contribution in [0.4, 0.5) is 0 Å². The average Bonchev–Trinajstić information content (AvgIpc) is 3.32. The molecule has 4 nitrogen and oxygen atoms in total. The summed E-state index contributed by atoms with van der Waals surface area (Å²) < 4.78 is 0. The van der Waals surface area contributed by atoms with Gasteiger partial charge >= 0.3 is 0 Å². The smallest absolute Gasteiger partial charge is 0.261 e. The highest BCUT2D eigenvalue weighted by atomic mass is 32.1. The van der Waals surface area contributed by atoms with Crippen molar-refractivity contribution in [3.8, 4) is 0 Å². The van der Waals surface area contributed by atoms with Crippen molar-refractivity contribution in [1.82, 2.24) is 10.2 Å². The number of carbonyl (C=O) groups excluding carboxylic acids is 2. The van der Waals surface area contributed by atoms with Gasteiger partial charge < -0.3 is 10.2 Å². The van der Waals surface area contributed by atoms with Crippen LogP contribution in [0.1, 0.15) is 47.0 Å². The van der Waals surface area contributed by atoms with E-state index in [2.05, 4.69) is 36.5 Å². The molecule has 1 N–H and O–H groups in total. The number of aryl methyl sites for hydroxylation is 1. The standard InChI is InChI=1S/C20H24N2O2S/c1-2-15-5-7-16(8-6-15)14-22(17-9-10-17)19(23)11-12-21-20(24)18-4-3-13-25-18/h3-8,13,17H,2,9-12,14H2,1H3,(H,21,24). The second kappa shape index (κ2) is 8.30. The van der Waals surface area contributed by atoms with E-state index in [1.807, 2.05) is 16.3 Å². The predicted octanol–water partition coefficient (Wildman–Crippen LogP) is 3.62. The van der Waals surface area contributed by atoms with Crippen molar-refractivity contribution in [3.05, 3.63) is 57.8 Å². The number of nitrogens with one attached hydrogen (secondary N) is 1. The Hall–Kier alpha value is -2.14. The second-order valence-corrected chi connectivity index (χ2v) is 7.35. The molecule has 0 radical (unpaired) electrons. The van der Waals surface area contributed by atoms with Gasteiger partial charge in [0.05, 0.1) is 4.88 Å². The van der Waals surface area contributed by atoms with Crippen LogP contribution >= 0.6 is 11.3 Å². The molecule has 0 spiro atoms. The Bertz CT molecular complexity index is 706. The summed E-state index contributed by atoms with van der Waals surface area (Å²) in [4.78, 5) is 27.2. The lowest BCUT2D eigenvalue weighted by atomic mass is 10.1. The van der Waals surface area contributed by atoms with Gasteiger partial charge in [-0.05, 0) is 41.8 Å². The lowest BCUT2D eigenvalue weighted by Gasteiger charge is -2.23. The monoisotopic (exact) mass is 356 g/mol. The first kappa shape index (κ1) is 17.7. The van der Waals surface area contributed by atoms with E-state index in [1.54, 1.807) is 6.07 Å². The minimum atomic E-state index is -0.101. The van der Waals surface area contributed by atoms with Gasteiger partial charge in [-0.1, -0.05) is 37.3 Å². The molecule has 2 amide bonds. The van der Waals surface area contributed by atoms with Crippen molar-refractivity contribution < 1.29 is 9.59 Å². The number of thiophene rings is 1. The van der Waals surface area contributed by atoms with Gasteiger partial charge in [0.15, 0.2) is 0 Å². The summed E-state index contributed by atoms with van der Waals surface area (Å²) in [6, 6.07) is 12.5. The Morgan fingerprint density at radius 2 is 1.88 bits per heavy atom. The maximum atomic E-state index is 12.6. The second-order valence-electron chi connectivity index (χ2n) is 6.41. The van der Waals surface area contributed by atoms with E-state index >= 15 is 0 Å². The summed E-state index contributed by atoms with van der Waals surface area (Å²) in [5.74, 6) is 0.0180. The molecule has 0 bridgehead atoms. The first-order valence-corrected chi connectivity index (χ1v) is 9.74. The van der Waals surface area contributed by atoms with Crippen molar-refractivity contribution in [1.29, 1.82) is 0 Å². The summed E-state index contributed by atoms with van der Waals surface area (Å²) >= 11 is 1.41. The normalized spacial score (nSPS) is 13.5. The molecule has 0 aliphatic heterocycles. The van der Waals surface area contributed by atoms with E-state index in [0.717, 1.165) is 19.3 Å². The van der Waals surface area contributed by atoms with Crippen LogP contribution in [0.5, 0.6) is 0 Å². The SMILES string of the molecule is CCc1ccc(CN(C(=O)CCNC(=O)c2cccs2)C2CC2)cc1. The molecule has 1 heterocycles. The number of carbonyl (C=O) groups is 2. The molecule has 1 fully saturated rings. The lowest BCUT2D eigenvalue weighted by molar-refractivity contribution is -0.132. The van der Waals surface area contributed by atoms with Crippen molar-refractivity contribution in [2.75, 3.05) is 6.54 Å². The van der Waals surface area contributed by atoms with Gasteiger partial charge in [0.25, 0.3) is 5.91 Å². The molecule has 0 saturated heterocycles. The number of amides is 2. The van der Waals surface area contributed by atoms with Gasteiger partial charge in [0, 0.05) is 25.6 Å². The van der Waals surface area contributed by atoms with Crippen molar-refractivity contribution in [2.24, 2.45) is 0 Å². The van der Waals surface area contributed by atoms with Crippen LogP contribution in [-0.4, -0.2) is 29.3 Å². The summed E-state index contributed by atoms with van der Waals surface area (Å²) in [5, 5.41) is 4.71. The molecule has 5 heteroatoms. The van der Waals surface area contributed by atoms with Crippen LogP contribution in [0, 0.1) is 0 Å². The number of hydrogen-bond acceptors (Lipinski definition) is 3. The summed E-state index contributed by atoms with van der Waals surface area (Å²) in [6.07, 6.45) is 3.54. The Morgan fingerprint density at radius 1 is 1.16 bits per heavy atom. The highest BCUT2D eigenvalue weighted by molar-refractivity contribution is 7.12. The predicted molar refractivity (Wildman–Crippen MR) is 101 cm³/mol. The molecule has 1 aliphatic rings. The zero-order valence-electron chi connectivity index (χ0n) is 14.5. The molecule has 3 rings (SSSR count). The first-order chi connectivity index (χ1) is 12.2. The van der Waals surface area contributed by atoms with Gasteiger partial charge in [-0.2, -0.15) is 0 Å². The summed E-state index contributed by atoms with van der Waals surface area (Å²) in [5.41, 5.74) is 2.48. The molecule has 2 aromatic rings. The van der Waals surface area contributed by atoms with E-state index in [0.29, 0.717) is 30.4 Å². The van der Waals surface area contributed by atoms with Gasteiger partial charge in [-0.15, -0.1) is 11.3 Å². The van der Waals surface area contributed by atoms with Crippen LogP contribution in [-0.2, 0) is 17.8 Å². The minimum absolute atomic E-state index is 0.101. The average molecular weight is 356 g/mol. The first-order valence-electron chi connectivity index (χ1n) is 8.86. The fraction of sp³-hybridized carbons (Fsp3) is 0.400. The van der Waals surface area contributed by atoms with Crippen molar-refractivity contribution in [3.63, 3.8) is 0 Å². The van der Waals surface area contributed by atoms with Gasteiger partial charge in [0.1, 0.15) is 0 Å². The Kier molecular flexibility index (Phi) is 5.87. The fourth-order valence-electron chi connectivity index (χ4n) is 2.81. The zero-order chi connectivity index (χ0) is 17.6. The van der Waals surface area contributed by atoms with E-state index < -0.39 is 0 Å². The van der Waals surface area contributed by atoms with E-state index in [9.17, 15) is 9.59 Å². The minimum Gasteiger partial charge on any atom is -0.351 e. The summed E-state index contributed by atoms with van der Waals surface area (Å²) in [6.45, 7) is 3.18. The van der Waals surface area contributed by atoms with Crippen molar-refractivity contribution in [2.45, 2.75) is 45.2 Å². The molecular weight excluding hydrogens is 332 g/mol. The van der Waals surface area contributed by atoms with E-state index in [4.69, 9.17) is 0 Å². The number of nitrogens with zero attached hydrogens (tertiary/aromatic N) is 1. The molecule has 0 atom stereocenters. The van der Waals surface area contributed by atoms with Crippen LogP contribution in [0.25, 0.3) is 0 Å². The maximum absolute atomic E-state index is 12.6. The van der Waals surface area contributed by atoms with E-state index in [1.165, 1.54) is 22.5 Å². The highest BCUT2D eigenvalue weighted by Gasteiger charge is 2.32. The fourth-order valence-corrected chi connectivity index (χ4v) is 3.45. The third kappa shape index (κ3) is 4.92. The topological polar surface area (TPSA) is 49.4 Å². The quantitative estimate of drug-likeness (QED) is 0.785. The third-order valence-electron chi connectivity index (χ3n) is 4.46. The lowest BCUT2D eigenvalue weighted by Crippen LogP contribution is -2.35. The largest absolute Gasteiger partial charge is 0.351 e. The van der Waals surface area contributed by atoms with Crippen molar-refractivity contribution >= 4 is 23.2 Å². The van der Waals surface area contributed by atoms with Crippen LogP contribution in [0.15, 0.2) is 41.8 Å². The van der Waals surface area contributed by atoms with E-state index in [-0.39, 0.29) is 11.8 Å². The van der Waals surface area contributed by atoms with Gasteiger partial charge in [0.2, 0.25) is 5.91 Å².